The third kappa shape index (κ3) is 4.84. The minimum absolute atomic E-state index is 0.00857. The Kier molecular flexibility index (Phi) is 8.32. The Balaban J connectivity index is 1.95. The molecule has 3 rings (SSSR count). The van der Waals surface area contributed by atoms with Gasteiger partial charge in [-0.1, -0.05) is 42.8 Å². The molecule has 1 aliphatic carbocycles. The van der Waals surface area contributed by atoms with Crippen LogP contribution in [-0.2, 0) is 19.1 Å². The molecule has 0 bridgehead atoms. The molecule has 0 spiro atoms. The highest BCUT2D eigenvalue weighted by atomic mass is 35.5. The molecule has 5 atom stereocenters. The van der Waals surface area contributed by atoms with Gasteiger partial charge in [-0.05, 0) is 44.2 Å². The van der Waals surface area contributed by atoms with Gasteiger partial charge in [0.15, 0.2) is 0 Å². The predicted molar refractivity (Wildman–Crippen MR) is 122 cm³/mol. The molecule has 2 aliphatic rings. The molecule has 2 amide bonds. The lowest BCUT2D eigenvalue weighted by Crippen LogP contribution is -2.44. The third-order valence-corrected chi connectivity index (χ3v) is 6.68. The van der Waals surface area contributed by atoms with E-state index in [9.17, 15) is 19.5 Å². The average molecular weight is 463 g/mol. The lowest BCUT2D eigenvalue weighted by molar-refractivity contribution is -0.155. The molecule has 1 saturated heterocycles. The molecule has 1 aromatic carbocycles. The van der Waals surface area contributed by atoms with E-state index in [0.717, 1.165) is 0 Å². The normalized spacial score (nSPS) is 26.7. The van der Waals surface area contributed by atoms with Gasteiger partial charge in [0.1, 0.15) is 6.04 Å². The molecular weight excluding hydrogens is 432 g/mol. The van der Waals surface area contributed by atoms with Crippen LogP contribution in [0.2, 0.25) is 5.02 Å². The summed E-state index contributed by atoms with van der Waals surface area (Å²) >= 11 is 6.22. The van der Waals surface area contributed by atoms with Crippen LogP contribution in [0.1, 0.15) is 33.1 Å². The summed E-state index contributed by atoms with van der Waals surface area (Å²) in [7, 11) is 0. The maximum absolute atomic E-state index is 13.6. The van der Waals surface area contributed by atoms with Crippen LogP contribution < -0.4 is 5.32 Å². The number of amides is 2. The topological polar surface area (TPSA) is 95.9 Å². The minimum Gasteiger partial charge on any atom is -0.466 e. The predicted octanol–water partition coefficient (Wildman–Crippen LogP) is 3.27. The van der Waals surface area contributed by atoms with Gasteiger partial charge < -0.3 is 20.1 Å². The Morgan fingerprint density at radius 2 is 1.94 bits per heavy atom. The molecule has 32 heavy (non-hydrogen) atoms. The SMILES string of the molecule is CCOC(=O)[C@H]1[C@@H]2C(=O)N(CCCCO)[C@H](C(=O)Nc3ccccc3Cl)[C@H]2C=C[C@H]1CC. The summed E-state index contributed by atoms with van der Waals surface area (Å²) in [6.45, 7) is 4.29. The van der Waals surface area contributed by atoms with E-state index in [1.54, 1.807) is 36.1 Å². The number of anilines is 1. The molecule has 1 heterocycles. The number of nitrogens with zero attached hydrogens (tertiary/aromatic N) is 1. The van der Waals surface area contributed by atoms with E-state index in [0.29, 0.717) is 36.5 Å². The average Bonchev–Trinajstić information content (AvgIpc) is 3.06. The fourth-order valence-electron chi connectivity index (χ4n) is 4.85. The second-order valence-corrected chi connectivity index (χ2v) is 8.62. The molecule has 0 unspecified atom stereocenters. The molecule has 0 aromatic heterocycles. The largest absolute Gasteiger partial charge is 0.466 e. The highest BCUT2D eigenvalue weighted by Gasteiger charge is 2.57. The van der Waals surface area contributed by atoms with Gasteiger partial charge in [-0.2, -0.15) is 0 Å². The lowest BCUT2D eigenvalue weighted by Gasteiger charge is -2.33. The number of para-hydroxylation sites is 1. The number of unbranched alkanes of at least 4 members (excludes halogenated alkanes) is 1. The van der Waals surface area contributed by atoms with Gasteiger partial charge in [-0.25, -0.2) is 0 Å². The number of likely N-dealkylation sites (tertiary alicyclic amines) is 1. The van der Waals surface area contributed by atoms with Gasteiger partial charge in [0, 0.05) is 19.1 Å². The summed E-state index contributed by atoms with van der Waals surface area (Å²) in [5.74, 6) is -2.80. The van der Waals surface area contributed by atoms with Crippen molar-refractivity contribution in [3.63, 3.8) is 0 Å². The highest BCUT2D eigenvalue weighted by molar-refractivity contribution is 6.33. The van der Waals surface area contributed by atoms with E-state index in [2.05, 4.69) is 5.32 Å². The van der Waals surface area contributed by atoms with Crippen LogP contribution in [0.4, 0.5) is 5.69 Å². The summed E-state index contributed by atoms with van der Waals surface area (Å²) in [5, 5.41) is 12.4. The van der Waals surface area contributed by atoms with Gasteiger partial charge in [-0.3, -0.25) is 14.4 Å². The highest BCUT2D eigenvalue weighted by Crippen LogP contribution is 2.45. The van der Waals surface area contributed by atoms with Crippen molar-refractivity contribution in [1.82, 2.24) is 4.90 Å². The molecule has 7 nitrogen and oxygen atoms in total. The fourth-order valence-corrected chi connectivity index (χ4v) is 5.03. The van der Waals surface area contributed by atoms with Crippen molar-refractivity contribution < 1.29 is 24.2 Å². The number of hydrogen-bond acceptors (Lipinski definition) is 5. The van der Waals surface area contributed by atoms with E-state index in [4.69, 9.17) is 16.3 Å². The van der Waals surface area contributed by atoms with Crippen molar-refractivity contribution in [2.24, 2.45) is 23.7 Å². The second-order valence-electron chi connectivity index (χ2n) is 8.21. The third-order valence-electron chi connectivity index (χ3n) is 6.35. The Morgan fingerprint density at radius 3 is 2.59 bits per heavy atom. The van der Waals surface area contributed by atoms with Crippen molar-refractivity contribution in [2.45, 2.75) is 39.2 Å². The number of benzene rings is 1. The number of aliphatic hydroxyl groups is 1. The van der Waals surface area contributed by atoms with Crippen molar-refractivity contribution >= 4 is 35.1 Å². The number of hydrogen-bond donors (Lipinski definition) is 2. The van der Waals surface area contributed by atoms with E-state index >= 15 is 0 Å². The van der Waals surface area contributed by atoms with Crippen molar-refractivity contribution in [1.29, 1.82) is 0 Å². The number of nitrogens with one attached hydrogen (secondary N) is 1. The summed E-state index contributed by atoms with van der Waals surface area (Å²) in [4.78, 5) is 41.4. The zero-order chi connectivity index (χ0) is 23.3. The number of halogens is 1. The molecular formula is C24H31ClN2O5. The van der Waals surface area contributed by atoms with E-state index in [1.165, 1.54) is 0 Å². The van der Waals surface area contributed by atoms with Crippen molar-refractivity contribution in [3.05, 3.63) is 41.4 Å². The van der Waals surface area contributed by atoms with E-state index < -0.39 is 29.8 Å². The maximum Gasteiger partial charge on any atom is 0.310 e. The van der Waals surface area contributed by atoms with E-state index in [1.807, 2.05) is 19.1 Å². The zero-order valence-electron chi connectivity index (χ0n) is 18.5. The number of carbonyl (C=O) groups excluding carboxylic acids is 3. The first-order valence-corrected chi connectivity index (χ1v) is 11.6. The Morgan fingerprint density at radius 1 is 1.19 bits per heavy atom. The van der Waals surface area contributed by atoms with Gasteiger partial charge in [-0.15, -0.1) is 0 Å². The van der Waals surface area contributed by atoms with E-state index in [-0.39, 0.29) is 30.9 Å². The van der Waals surface area contributed by atoms with Crippen molar-refractivity contribution in [2.75, 3.05) is 25.1 Å². The van der Waals surface area contributed by atoms with Gasteiger partial charge >= 0.3 is 5.97 Å². The number of allylic oxidation sites excluding steroid dienone is 1. The smallest absolute Gasteiger partial charge is 0.310 e. The quantitative estimate of drug-likeness (QED) is 0.333. The van der Waals surface area contributed by atoms with Gasteiger partial charge in [0.25, 0.3) is 0 Å². The van der Waals surface area contributed by atoms with Crippen LogP contribution >= 0.6 is 11.6 Å². The van der Waals surface area contributed by atoms with Crippen molar-refractivity contribution in [3.8, 4) is 0 Å². The molecule has 1 fully saturated rings. The second kappa shape index (κ2) is 11.0. The number of rotatable bonds is 9. The number of esters is 1. The van der Waals surface area contributed by atoms with Crippen LogP contribution in [0, 0.1) is 23.7 Å². The number of carbonyl (C=O) groups is 3. The molecule has 1 aromatic rings. The Hall–Kier alpha value is -2.38. The Bertz CT molecular complexity index is 874. The maximum atomic E-state index is 13.6. The molecule has 174 valence electrons. The standard InChI is InChI=1S/C24H31ClN2O5/c1-3-15-11-12-16-20(19(15)24(31)32-4-2)23(30)27(13-7-8-14-28)21(16)22(29)26-18-10-6-5-9-17(18)25/h5-6,9-12,15-16,19-21,28H,3-4,7-8,13-14H2,1-2H3,(H,26,29)/t15-,16+,19-,20-,21+/m1/s1. The summed E-state index contributed by atoms with van der Waals surface area (Å²) < 4.78 is 5.32. The first-order valence-electron chi connectivity index (χ1n) is 11.3. The first-order chi connectivity index (χ1) is 15.4. The first kappa shape index (κ1) is 24.3. The van der Waals surface area contributed by atoms with Crippen LogP contribution in [0.3, 0.4) is 0 Å². The van der Waals surface area contributed by atoms with Crippen LogP contribution in [0.15, 0.2) is 36.4 Å². The summed E-state index contributed by atoms with van der Waals surface area (Å²) in [6, 6.07) is 6.16. The molecule has 0 saturated carbocycles. The zero-order valence-corrected chi connectivity index (χ0v) is 19.3. The molecule has 1 aliphatic heterocycles. The lowest BCUT2D eigenvalue weighted by atomic mass is 9.69. The number of fused-ring (bicyclic) bond motifs is 1. The molecule has 2 N–H and O–H groups in total. The summed E-state index contributed by atoms with van der Waals surface area (Å²) in [5.41, 5.74) is 0.471. The summed E-state index contributed by atoms with van der Waals surface area (Å²) in [6.07, 6.45) is 5.63. The monoisotopic (exact) mass is 462 g/mol. The van der Waals surface area contributed by atoms with Crippen LogP contribution in [0.5, 0.6) is 0 Å². The number of aliphatic hydroxyl groups excluding tert-OH is 1. The minimum atomic E-state index is -0.770. The fraction of sp³-hybridized carbons (Fsp3) is 0.542. The van der Waals surface area contributed by atoms with Crippen LogP contribution in [0.25, 0.3) is 0 Å². The number of ether oxygens (including phenoxy) is 1. The Labute approximate surface area is 193 Å². The van der Waals surface area contributed by atoms with Crippen LogP contribution in [-0.4, -0.2) is 53.6 Å². The molecule has 8 heteroatoms. The van der Waals surface area contributed by atoms with Gasteiger partial charge in [0.2, 0.25) is 11.8 Å². The van der Waals surface area contributed by atoms with Gasteiger partial charge in [0.05, 0.1) is 29.2 Å². The molecule has 0 radical (unpaired) electrons.